The standard InChI is InChI=1S/C22H19ClN2O2/c1-25(21-13-18(23)10-11-20(21)24-22(25)26)14-16-6-5-7-17(12-16)15-27-19-8-3-2-4-9-19/h2-13H,14-15H2,1H3/p+1. The Morgan fingerprint density at radius 1 is 0.963 bits per heavy atom. The van der Waals surface area contributed by atoms with Crippen molar-refractivity contribution in [2.45, 2.75) is 13.2 Å². The monoisotopic (exact) mass is 379 g/mol. The largest absolute Gasteiger partial charge is 0.489 e. The molecule has 136 valence electrons. The Labute approximate surface area is 163 Å². The minimum Gasteiger partial charge on any atom is -0.489 e. The number of hydrogen-bond acceptors (Lipinski definition) is 2. The number of anilines is 1. The van der Waals surface area contributed by atoms with Crippen molar-refractivity contribution >= 4 is 29.0 Å². The van der Waals surface area contributed by atoms with Crippen molar-refractivity contribution in [3.8, 4) is 5.75 Å². The van der Waals surface area contributed by atoms with Gasteiger partial charge in [0, 0.05) is 16.7 Å². The molecule has 1 aliphatic rings. The highest BCUT2D eigenvalue weighted by atomic mass is 35.5. The third-order valence-corrected chi connectivity index (χ3v) is 5.06. The van der Waals surface area contributed by atoms with E-state index in [4.69, 9.17) is 16.3 Å². The molecular formula is C22H20ClN2O2+. The van der Waals surface area contributed by atoms with E-state index in [1.807, 2.05) is 67.7 Å². The van der Waals surface area contributed by atoms with Crippen LogP contribution in [-0.2, 0) is 13.2 Å². The van der Waals surface area contributed by atoms with Gasteiger partial charge >= 0.3 is 6.03 Å². The molecule has 0 fully saturated rings. The Balaban J connectivity index is 1.55. The molecular weight excluding hydrogens is 360 g/mol. The third-order valence-electron chi connectivity index (χ3n) is 4.82. The summed E-state index contributed by atoms with van der Waals surface area (Å²) in [4.78, 5) is 12.7. The predicted molar refractivity (Wildman–Crippen MR) is 109 cm³/mol. The van der Waals surface area contributed by atoms with E-state index < -0.39 is 0 Å². The first-order valence-corrected chi connectivity index (χ1v) is 9.15. The number of para-hydroxylation sites is 1. The van der Waals surface area contributed by atoms with E-state index in [2.05, 4.69) is 11.4 Å². The molecule has 3 aromatic rings. The molecule has 0 aromatic heterocycles. The van der Waals surface area contributed by atoms with E-state index in [0.717, 1.165) is 28.3 Å². The maximum atomic E-state index is 12.7. The first kappa shape index (κ1) is 17.6. The van der Waals surface area contributed by atoms with Crippen molar-refractivity contribution in [1.82, 2.24) is 4.48 Å². The van der Waals surface area contributed by atoms with Crippen LogP contribution in [0.1, 0.15) is 11.1 Å². The summed E-state index contributed by atoms with van der Waals surface area (Å²) in [6, 6.07) is 23.3. The minimum absolute atomic E-state index is 0.0572. The van der Waals surface area contributed by atoms with Crippen LogP contribution in [0, 0.1) is 0 Å². The summed E-state index contributed by atoms with van der Waals surface area (Å²) >= 11 is 6.16. The van der Waals surface area contributed by atoms with Gasteiger partial charge in [0.05, 0.1) is 7.05 Å². The average molecular weight is 380 g/mol. The number of hydrogen-bond donors (Lipinski definition) is 1. The fraction of sp³-hybridized carbons (Fsp3) is 0.136. The molecule has 1 aliphatic heterocycles. The molecule has 5 heteroatoms. The highest BCUT2D eigenvalue weighted by Gasteiger charge is 2.43. The van der Waals surface area contributed by atoms with Crippen LogP contribution in [0.3, 0.4) is 0 Å². The molecule has 27 heavy (non-hydrogen) atoms. The zero-order chi connectivity index (χ0) is 18.9. The maximum Gasteiger partial charge on any atom is 0.426 e. The van der Waals surface area contributed by atoms with Crippen LogP contribution in [0.25, 0.3) is 0 Å². The molecule has 2 amide bonds. The molecule has 1 N–H and O–H groups in total. The number of quaternary nitrogens is 1. The first-order valence-electron chi connectivity index (χ1n) is 8.77. The Bertz CT molecular complexity index is 991. The number of carbonyl (C=O) groups is 1. The van der Waals surface area contributed by atoms with E-state index >= 15 is 0 Å². The molecule has 1 unspecified atom stereocenters. The van der Waals surface area contributed by atoms with Crippen molar-refractivity contribution in [3.05, 3.63) is 88.9 Å². The SMILES string of the molecule is C[N+]1(Cc2cccc(COc3ccccc3)c2)C(=O)Nc2ccc(Cl)cc21. The Morgan fingerprint density at radius 3 is 2.56 bits per heavy atom. The lowest BCUT2D eigenvalue weighted by atomic mass is 10.1. The third kappa shape index (κ3) is 3.54. The number of halogens is 1. The second-order valence-electron chi connectivity index (χ2n) is 6.86. The fourth-order valence-corrected chi connectivity index (χ4v) is 3.56. The zero-order valence-corrected chi connectivity index (χ0v) is 15.7. The highest BCUT2D eigenvalue weighted by Crippen LogP contribution is 2.40. The molecule has 0 aliphatic carbocycles. The number of carbonyl (C=O) groups excluding carboxylic acids is 1. The van der Waals surface area contributed by atoms with Crippen molar-refractivity contribution in [1.29, 1.82) is 0 Å². The number of rotatable bonds is 5. The first-order chi connectivity index (χ1) is 13.0. The normalized spacial score (nSPS) is 18.1. The van der Waals surface area contributed by atoms with E-state index in [0.29, 0.717) is 18.2 Å². The van der Waals surface area contributed by atoms with Gasteiger partial charge in [-0.25, -0.2) is 9.28 Å². The minimum atomic E-state index is -0.0572. The number of amides is 2. The second-order valence-corrected chi connectivity index (χ2v) is 7.30. The van der Waals surface area contributed by atoms with Crippen molar-refractivity contribution in [2.75, 3.05) is 12.4 Å². The predicted octanol–water partition coefficient (Wildman–Crippen LogP) is 5.60. The van der Waals surface area contributed by atoms with Crippen LogP contribution >= 0.6 is 11.6 Å². The molecule has 0 saturated carbocycles. The highest BCUT2D eigenvalue weighted by molar-refractivity contribution is 6.31. The van der Waals surface area contributed by atoms with E-state index in [-0.39, 0.29) is 10.5 Å². The van der Waals surface area contributed by atoms with Gasteiger partial charge in [-0.15, -0.1) is 0 Å². The van der Waals surface area contributed by atoms with E-state index in [1.54, 1.807) is 6.07 Å². The zero-order valence-electron chi connectivity index (χ0n) is 15.0. The summed E-state index contributed by atoms with van der Waals surface area (Å²) in [5.41, 5.74) is 3.83. The maximum absolute atomic E-state index is 12.7. The quantitative estimate of drug-likeness (QED) is 0.586. The van der Waals surface area contributed by atoms with Crippen molar-refractivity contribution in [3.63, 3.8) is 0 Å². The molecule has 4 nitrogen and oxygen atoms in total. The van der Waals surface area contributed by atoms with Gasteiger partial charge in [-0.05, 0) is 35.9 Å². The summed E-state index contributed by atoms with van der Waals surface area (Å²) in [6.07, 6.45) is 0. The van der Waals surface area contributed by atoms with Crippen molar-refractivity contribution < 1.29 is 9.53 Å². The van der Waals surface area contributed by atoms with Crippen LogP contribution in [0.2, 0.25) is 5.02 Å². The van der Waals surface area contributed by atoms with Crippen LogP contribution < -0.4 is 14.5 Å². The van der Waals surface area contributed by atoms with Gasteiger partial charge in [-0.2, -0.15) is 0 Å². The van der Waals surface area contributed by atoms with Crippen LogP contribution in [0.5, 0.6) is 5.75 Å². The second kappa shape index (κ2) is 7.06. The molecule has 4 rings (SSSR count). The van der Waals surface area contributed by atoms with Gasteiger partial charge in [0.15, 0.2) is 5.69 Å². The number of benzene rings is 3. The lowest BCUT2D eigenvalue weighted by Crippen LogP contribution is -2.47. The molecule has 0 bridgehead atoms. The van der Waals surface area contributed by atoms with Crippen LogP contribution in [0.15, 0.2) is 72.8 Å². The summed E-state index contributed by atoms with van der Waals surface area (Å²) < 4.78 is 5.97. The molecule has 0 spiro atoms. The molecule has 1 atom stereocenters. The number of fused-ring (bicyclic) bond motifs is 1. The number of nitrogens with one attached hydrogen (secondary N) is 1. The summed E-state index contributed by atoms with van der Waals surface area (Å²) in [7, 11) is 1.91. The van der Waals surface area contributed by atoms with E-state index in [9.17, 15) is 4.79 Å². The average Bonchev–Trinajstić information content (AvgIpc) is 2.91. The van der Waals surface area contributed by atoms with Gasteiger partial charge in [0.25, 0.3) is 0 Å². The van der Waals surface area contributed by atoms with Crippen LogP contribution in [-0.4, -0.2) is 13.1 Å². The summed E-state index contributed by atoms with van der Waals surface area (Å²) in [5, 5.41) is 3.57. The topological polar surface area (TPSA) is 38.3 Å². The Morgan fingerprint density at radius 2 is 1.74 bits per heavy atom. The Kier molecular flexibility index (Phi) is 4.60. The van der Waals surface area contributed by atoms with Gasteiger partial charge in [-0.1, -0.05) is 48.0 Å². The molecule has 1 heterocycles. The lowest BCUT2D eigenvalue weighted by molar-refractivity contribution is 0.224. The number of ether oxygens (including phenoxy) is 1. The number of nitrogens with zero attached hydrogens (tertiary/aromatic N) is 1. The van der Waals surface area contributed by atoms with Gasteiger partial charge in [0.2, 0.25) is 0 Å². The smallest absolute Gasteiger partial charge is 0.426 e. The van der Waals surface area contributed by atoms with E-state index in [1.165, 1.54) is 0 Å². The lowest BCUT2D eigenvalue weighted by Gasteiger charge is -2.25. The molecule has 0 radical (unpaired) electrons. The Hall–Kier alpha value is -2.82. The van der Waals surface area contributed by atoms with Gasteiger partial charge in [-0.3, -0.25) is 5.32 Å². The summed E-state index contributed by atoms with van der Waals surface area (Å²) in [6.45, 7) is 1.02. The molecule has 3 aromatic carbocycles. The van der Waals surface area contributed by atoms with Gasteiger partial charge in [0.1, 0.15) is 24.6 Å². The molecule has 0 saturated heterocycles. The van der Waals surface area contributed by atoms with Crippen LogP contribution in [0.4, 0.5) is 16.2 Å². The van der Waals surface area contributed by atoms with Crippen molar-refractivity contribution in [2.24, 2.45) is 0 Å². The summed E-state index contributed by atoms with van der Waals surface area (Å²) in [5.74, 6) is 0.837. The van der Waals surface area contributed by atoms with Gasteiger partial charge < -0.3 is 4.74 Å². The number of urea groups is 1. The fourth-order valence-electron chi connectivity index (χ4n) is 3.39.